The molecule has 1 amide bonds. The van der Waals surface area contributed by atoms with E-state index in [1.54, 1.807) is 12.1 Å². The maximum atomic E-state index is 12.3. The van der Waals surface area contributed by atoms with Crippen LogP contribution in [0.15, 0.2) is 58.4 Å². The molecule has 0 aliphatic carbocycles. The Kier molecular flexibility index (Phi) is 6.13. The Morgan fingerprint density at radius 1 is 1.07 bits per heavy atom. The Bertz CT molecular complexity index is 994. The molecule has 0 saturated carbocycles. The van der Waals surface area contributed by atoms with Crippen LogP contribution in [0.2, 0.25) is 0 Å². The van der Waals surface area contributed by atoms with Gasteiger partial charge in [-0.25, -0.2) is 0 Å². The van der Waals surface area contributed by atoms with Crippen LogP contribution >= 0.6 is 11.8 Å². The molecule has 0 aromatic heterocycles. The second-order valence-corrected chi connectivity index (χ2v) is 8.15. The zero-order valence-corrected chi connectivity index (χ0v) is 17.1. The summed E-state index contributed by atoms with van der Waals surface area (Å²) in [5.41, 5.74) is 1.81. The Morgan fingerprint density at radius 2 is 1.77 bits per heavy atom. The lowest BCUT2D eigenvalue weighted by molar-refractivity contribution is -0.384. The minimum absolute atomic E-state index is 0.0582. The van der Waals surface area contributed by atoms with Gasteiger partial charge in [0.05, 0.1) is 9.83 Å². The summed E-state index contributed by atoms with van der Waals surface area (Å²) in [5, 5.41) is 11.5. The van der Waals surface area contributed by atoms with Gasteiger partial charge in [-0.05, 0) is 72.5 Å². The number of amidine groups is 1. The molecule has 2 aromatic carbocycles. The second kappa shape index (κ2) is 9.13. The van der Waals surface area contributed by atoms with Gasteiger partial charge in [0.1, 0.15) is 12.4 Å². The number of carbonyl (C=O) groups is 1. The van der Waals surface area contributed by atoms with Crippen molar-refractivity contribution >= 4 is 34.6 Å². The largest absolute Gasteiger partial charge is 0.489 e. The van der Waals surface area contributed by atoms with Crippen LogP contribution in [0.1, 0.15) is 30.4 Å². The van der Waals surface area contributed by atoms with E-state index in [1.165, 1.54) is 30.3 Å². The van der Waals surface area contributed by atoms with Gasteiger partial charge in [-0.15, -0.1) is 0 Å². The molecule has 2 aliphatic heterocycles. The normalized spacial score (nSPS) is 17.9. The summed E-state index contributed by atoms with van der Waals surface area (Å²) in [6, 6.07) is 13.8. The maximum absolute atomic E-state index is 12.3. The summed E-state index contributed by atoms with van der Waals surface area (Å²) in [4.78, 5) is 29.6. The minimum atomic E-state index is -0.425. The van der Waals surface area contributed by atoms with Crippen molar-refractivity contribution in [3.8, 4) is 5.75 Å². The van der Waals surface area contributed by atoms with Crippen molar-refractivity contribution in [1.29, 1.82) is 0 Å². The number of ether oxygens (including phenoxy) is 1. The quantitative estimate of drug-likeness (QED) is 0.396. The molecular formula is C22H21N3O4S. The van der Waals surface area contributed by atoms with Gasteiger partial charge in [-0.1, -0.05) is 12.1 Å². The number of nitro groups is 1. The lowest BCUT2D eigenvalue weighted by Gasteiger charge is -2.27. The van der Waals surface area contributed by atoms with Crippen LogP contribution in [-0.4, -0.2) is 34.0 Å². The molecule has 4 rings (SSSR count). The topological polar surface area (TPSA) is 85.0 Å². The first-order valence-electron chi connectivity index (χ1n) is 9.82. The lowest BCUT2D eigenvalue weighted by atomic mass is 10.1. The Labute approximate surface area is 178 Å². The number of hydrogen-bond acceptors (Lipinski definition) is 6. The van der Waals surface area contributed by atoms with E-state index in [1.807, 2.05) is 30.3 Å². The zero-order chi connectivity index (χ0) is 20.9. The number of carbonyl (C=O) groups excluding carboxylic acids is 1. The van der Waals surface area contributed by atoms with Crippen molar-refractivity contribution < 1.29 is 14.5 Å². The van der Waals surface area contributed by atoms with Crippen LogP contribution in [0.3, 0.4) is 0 Å². The van der Waals surface area contributed by atoms with E-state index in [4.69, 9.17) is 4.74 Å². The van der Waals surface area contributed by atoms with Crippen LogP contribution in [-0.2, 0) is 11.4 Å². The maximum Gasteiger partial charge on any atom is 0.286 e. The van der Waals surface area contributed by atoms with Crippen LogP contribution in [0.5, 0.6) is 5.75 Å². The fraction of sp³-hybridized carbons (Fsp3) is 0.273. The van der Waals surface area contributed by atoms with Gasteiger partial charge in [0.2, 0.25) is 0 Å². The molecule has 0 spiro atoms. The molecule has 0 atom stereocenters. The first-order chi connectivity index (χ1) is 14.6. The third-order valence-corrected chi connectivity index (χ3v) is 6.01. The van der Waals surface area contributed by atoms with Crippen molar-refractivity contribution in [2.24, 2.45) is 4.99 Å². The molecular weight excluding hydrogens is 402 g/mol. The molecule has 1 saturated heterocycles. The molecule has 0 unspecified atom stereocenters. The minimum Gasteiger partial charge on any atom is -0.489 e. The highest BCUT2D eigenvalue weighted by Gasteiger charge is 2.26. The molecule has 0 radical (unpaired) electrons. The van der Waals surface area contributed by atoms with E-state index >= 15 is 0 Å². The van der Waals surface area contributed by atoms with Crippen molar-refractivity contribution in [1.82, 2.24) is 4.90 Å². The summed E-state index contributed by atoms with van der Waals surface area (Å²) in [6.45, 7) is 2.25. The second-order valence-electron chi connectivity index (χ2n) is 7.14. The van der Waals surface area contributed by atoms with Crippen molar-refractivity contribution in [2.45, 2.75) is 25.9 Å². The van der Waals surface area contributed by atoms with Gasteiger partial charge in [-0.3, -0.25) is 14.9 Å². The van der Waals surface area contributed by atoms with Gasteiger partial charge < -0.3 is 9.64 Å². The van der Waals surface area contributed by atoms with E-state index in [0.717, 1.165) is 42.2 Å². The lowest BCUT2D eigenvalue weighted by Crippen LogP contribution is -2.33. The highest BCUT2D eigenvalue weighted by Crippen LogP contribution is 2.31. The highest BCUT2D eigenvalue weighted by atomic mass is 32.2. The smallest absolute Gasteiger partial charge is 0.286 e. The van der Waals surface area contributed by atoms with Crippen molar-refractivity contribution in [3.63, 3.8) is 0 Å². The number of rotatable bonds is 5. The van der Waals surface area contributed by atoms with E-state index in [2.05, 4.69) is 9.89 Å². The Balaban J connectivity index is 1.34. The van der Waals surface area contributed by atoms with Gasteiger partial charge in [0.15, 0.2) is 5.17 Å². The van der Waals surface area contributed by atoms with E-state index in [0.29, 0.717) is 17.3 Å². The molecule has 30 heavy (non-hydrogen) atoms. The number of aliphatic imine (C=N–C) groups is 1. The molecule has 8 heteroatoms. The predicted molar refractivity (Wildman–Crippen MR) is 117 cm³/mol. The fourth-order valence-corrected chi connectivity index (χ4v) is 4.28. The molecule has 0 bridgehead atoms. The zero-order valence-electron chi connectivity index (χ0n) is 16.3. The van der Waals surface area contributed by atoms with Crippen LogP contribution in [0, 0.1) is 10.1 Å². The van der Waals surface area contributed by atoms with E-state index in [-0.39, 0.29) is 11.6 Å². The van der Waals surface area contributed by atoms with Crippen LogP contribution in [0.4, 0.5) is 5.69 Å². The Hall–Kier alpha value is -3.13. The molecule has 2 aromatic rings. The number of amides is 1. The molecule has 2 heterocycles. The van der Waals surface area contributed by atoms with Crippen molar-refractivity contribution in [2.75, 3.05) is 13.1 Å². The summed E-state index contributed by atoms with van der Waals surface area (Å²) in [7, 11) is 0. The van der Waals surface area contributed by atoms with Crippen LogP contribution < -0.4 is 4.74 Å². The van der Waals surface area contributed by atoms with E-state index < -0.39 is 4.92 Å². The predicted octanol–water partition coefficient (Wildman–Crippen LogP) is 4.63. The Morgan fingerprint density at radius 3 is 2.43 bits per heavy atom. The number of non-ortho nitro benzene ring substituents is 1. The molecule has 2 aliphatic rings. The van der Waals surface area contributed by atoms with Gasteiger partial charge in [-0.2, -0.15) is 4.99 Å². The first kappa shape index (κ1) is 20.2. The average molecular weight is 423 g/mol. The first-order valence-corrected chi connectivity index (χ1v) is 10.6. The summed E-state index contributed by atoms with van der Waals surface area (Å²) < 4.78 is 5.74. The number of nitrogens with zero attached hydrogens (tertiary/aromatic N) is 3. The number of piperidine rings is 1. The fourth-order valence-electron chi connectivity index (χ4n) is 3.31. The number of hydrogen-bond donors (Lipinski definition) is 0. The molecule has 1 fully saturated rings. The number of likely N-dealkylation sites (tertiary alicyclic amines) is 1. The average Bonchev–Trinajstić information content (AvgIpc) is 3.14. The third kappa shape index (κ3) is 4.88. The highest BCUT2D eigenvalue weighted by molar-refractivity contribution is 8.18. The van der Waals surface area contributed by atoms with Gasteiger partial charge >= 0.3 is 0 Å². The van der Waals surface area contributed by atoms with Gasteiger partial charge in [0, 0.05) is 25.2 Å². The number of benzene rings is 2. The van der Waals surface area contributed by atoms with Crippen molar-refractivity contribution in [3.05, 3.63) is 74.7 Å². The third-order valence-electron chi connectivity index (χ3n) is 4.97. The SMILES string of the molecule is O=C1N=C(N2CCCCC2)S/C1=C/c1ccc(OCc2ccc([N+](=O)[O-])cc2)cc1. The number of nitro benzene ring substituents is 1. The summed E-state index contributed by atoms with van der Waals surface area (Å²) in [6.07, 6.45) is 5.39. The van der Waals surface area contributed by atoms with Crippen LogP contribution in [0.25, 0.3) is 6.08 Å². The summed E-state index contributed by atoms with van der Waals surface area (Å²) in [5.74, 6) is 0.505. The molecule has 0 N–H and O–H groups in total. The monoisotopic (exact) mass is 423 g/mol. The number of thioether (sulfide) groups is 1. The molecule has 154 valence electrons. The van der Waals surface area contributed by atoms with Gasteiger partial charge in [0.25, 0.3) is 11.6 Å². The standard InChI is InChI=1S/C22H21N3O4S/c26-21-20(30-22(23-21)24-12-2-1-3-13-24)14-16-6-10-19(11-7-16)29-15-17-4-8-18(9-5-17)25(27)28/h4-11,14H,1-3,12-13,15H2/b20-14+. The molecule has 7 nitrogen and oxygen atoms in total. The van der Waals surface area contributed by atoms with E-state index in [9.17, 15) is 14.9 Å². The summed E-state index contributed by atoms with van der Waals surface area (Å²) >= 11 is 1.44.